The van der Waals surface area contributed by atoms with Crippen molar-refractivity contribution in [3.8, 4) is 0 Å². The Morgan fingerprint density at radius 1 is 1.03 bits per heavy atom. The largest absolute Gasteiger partial charge is 0.452 e. The molecule has 2 fully saturated rings. The maximum Gasteiger partial charge on any atom is 0.338 e. The zero-order valence-corrected chi connectivity index (χ0v) is 17.7. The minimum absolute atomic E-state index is 0.0622. The molecule has 0 N–H and O–H groups in total. The maximum absolute atomic E-state index is 12.7. The molecule has 0 aromatic heterocycles. The molecule has 160 valence electrons. The van der Waals surface area contributed by atoms with Crippen LogP contribution in [0.3, 0.4) is 0 Å². The van der Waals surface area contributed by atoms with Crippen LogP contribution in [-0.2, 0) is 24.3 Å². The number of benzene rings is 1. The molecule has 0 aliphatic carbocycles. The van der Waals surface area contributed by atoms with Crippen LogP contribution in [0.5, 0.6) is 0 Å². The van der Waals surface area contributed by atoms with Gasteiger partial charge in [0.25, 0.3) is 5.91 Å². The van der Waals surface area contributed by atoms with E-state index in [0.717, 1.165) is 19.3 Å². The summed E-state index contributed by atoms with van der Waals surface area (Å²) in [4.78, 5) is 26.3. The number of carbonyl (C=O) groups is 2. The summed E-state index contributed by atoms with van der Waals surface area (Å²) < 4.78 is 37.5. The van der Waals surface area contributed by atoms with Gasteiger partial charge in [-0.3, -0.25) is 4.79 Å². The van der Waals surface area contributed by atoms with Gasteiger partial charge in [-0.1, -0.05) is 6.42 Å². The normalized spacial score (nSPS) is 23.6. The van der Waals surface area contributed by atoms with Crippen molar-refractivity contribution in [3.63, 3.8) is 0 Å². The summed E-state index contributed by atoms with van der Waals surface area (Å²) in [6.07, 6.45) is 2.63. The highest BCUT2D eigenvalue weighted by molar-refractivity contribution is 7.89. The van der Waals surface area contributed by atoms with Crippen LogP contribution in [0.15, 0.2) is 29.2 Å². The number of amides is 1. The number of esters is 1. The second-order valence-corrected chi connectivity index (χ2v) is 9.56. The van der Waals surface area contributed by atoms with E-state index in [1.54, 1.807) is 4.90 Å². The maximum atomic E-state index is 12.7. The van der Waals surface area contributed by atoms with E-state index in [4.69, 9.17) is 9.47 Å². The molecule has 29 heavy (non-hydrogen) atoms. The monoisotopic (exact) mass is 424 g/mol. The Hall–Kier alpha value is -1.97. The Morgan fingerprint density at radius 3 is 2.21 bits per heavy atom. The molecule has 2 aliphatic heterocycles. The summed E-state index contributed by atoms with van der Waals surface area (Å²) in [6, 6.07) is 5.66. The van der Waals surface area contributed by atoms with E-state index in [9.17, 15) is 18.0 Å². The first kappa shape index (κ1) is 21.7. The molecular formula is C20H28N2O6S. The van der Waals surface area contributed by atoms with Gasteiger partial charge in [-0.15, -0.1) is 0 Å². The van der Waals surface area contributed by atoms with Crippen molar-refractivity contribution < 1.29 is 27.5 Å². The number of sulfonamides is 1. The van der Waals surface area contributed by atoms with Gasteiger partial charge in [-0.25, -0.2) is 13.2 Å². The van der Waals surface area contributed by atoms with Gasteiger partial charge in [0.1, 0.15) is 0 Å². The minimum Gasteiger partial charge on any atom is -0.452 e. The van der Waals surface area contributed by atoms with Crippen molar-refractivity contribution in [3.05, 3.63) is 29.8 Å². The molecule has 2 heterocycles. The van der Waals surface area contributed by atoms with Gasteiger partial charge in [-0.2, -0.15) is 4.31 Å². The molecule has 0 saturated carbocycles. The molecular weight excluding hydrogens is 396 g/mol. The first-order chi connectivity index (χ1) is 13.8. The molecule has 0 radical (unpaired) electrons. The van der Waals surface area contributed by atoms with Crippen molar-refractivity contribution >= 4 is 21.9 Å². The van der Waals surface area contributed by atoms with Crippen LogP contribution in [0.2, 0.25) is 0 Å². The lowest BCUT2D eigenvalue weighted by Gasteiger charge is -2.35. The zero-order chi connectivity index (χ0) is 21.0. The summed E-state index contributed by atoms with van der Waals surface area (Å²) in [6.45, 7) is 5.39. The lowest BCUT2D eigenvalue weighted by atomic mass is 10.2. The number of ether oxygens (including phenoxy) is 2. The summed E-state index contributed by atoms with van der Waals surface area (Å²) in [5.41, 5.74) is 0.208. The van der Waals surface area contributed by atoms with Crippen LogP contribution in [0.25, 0.3) is 0 Å². The van der Waals surface area contributed by atoms with Crippen molar-refractivity contribution in [1.29, 1.82) is 0 Å². The predicted molar refractivity (Wildman–Crippen MR) is 106 cm³/mol. The Kier molecular flexibility index (Phi) is 6.92. The highest BCUT2D eigenvalue weighted by Crippen LogP contribution is 2.21. The van der Waals surface area contributed by atoms with E-state index in [-0.39, 0.29) is 35.2 Å². The van der Waals surface area contributed by atoms with Crippen molar-refractivity contribution in [2.45, 2.75) is 50.2 Å². The molecule has 2 saturated heterocycles. The highest BCUT2D eigenvalue weighted by atomic mass is 32.2. The first-order valence-corrected chi connectivity index (χ1v) is 11.4. The third-order valence-corrected chi connectivity index (χ3v) is 7.05. The van der Waals surface area contributed by atoms with Crippen molar-refractivity contribution in [1.82, 2.24) is 9.21 Å². The lowest BCUT2D eigenvalue weighted by Crippen LogP contribution is -2.49. The van der Waals surface area contributed by atoms with E-state index in [1.807, 2.05) is 13.8 Å². The number of hydrogen-bond donors (Lipinski definition) is 0. The van der Waals surface area contributed by atoms with Crippen LogP contribution in [-0.4, -0.2) is 74.5 Å². The smallest absolute Gasteiger partial charge is 0.338 e. The summed E-state index contributed by atoms with van der Waals surface area (Å²) in [5.74, 6) is -0.931. The van der Waals surface area contributed by atoms with Crippen LogP contribution >= 0.6 is 0 Å². The molecule has 1 aromatic carbocycles. The standard InChI is InChI=1S/C20H28N2O6S/c1-15-12-21(13-16(2)28-15)19(23)14-27-20(24)17-6-8-18(9-7-17)29(25,26)22-10-4-3-5-11-22/h6-9,15-16H,3-5,10-14H2,1-2H3/t15-,16+. The Balaban J connectivity index is 1.57. The Labute approximate surface area is 171 Å². The number of nitrogens with zero attached hydrogens (tertiary/aromatic N) is 2. The average Bonchev–Trinajstić information content (AvgIpc) is 2.71. The molecule has 9 heteroatoms. The van der Waals surface area contributed by atoms with Gasteiger partial charge in [0.05, 0.1) is 22.7 Å². The highest BCUT2D eigenvalue weighted by Gasteiger charge is 2.28. The van der Waals surface area contributed by atoms with Crippen LogP contribution in [0.4, 0.5) is 0 Å². The molecule has 8 nitrogen and oxygen atoms in total. The second kappa shape index (κ2) is 9.23. The summed E-state index contributed by atoms with van der Waals surface area (Å²) >= 11 is 0. The number of rotatable bonds is 5. The number of piperidine rings is 1. The van der Waals surface area contributed by atoms with E-state index < -0.39 is 16.0 Å². The summed E-state index contributed by atoms with van der Waals surface area (Å²) in [5, 5.41) is 0. The van der Waals surface area contributed by atoms with Gasteiger partial charge in [0.15, 0.2) is 6.61 Å². The lowest BCUT2D eigenvalue weighted by molar-refractivity contribution is -0.146. The van der Waals surface area contributed by atoms with Crippen LogP contribution in [0.1, 0.15) is 43.5 Å². The molecule has 1 aromatic rings. The Morgan fingerprint density at radius 2 is 1.62 bits per heavy atom. The minimum atomic E-state index is -3.55. The van der Waals surface area contributed by atoms with Crippen molar-refractivity contribution in [2.75, 3.05) is 32.8 Å². The topological polar surface area (TPSA) is 93.2 Å². The average molecular weight is 425 g/mol. The molecule has 3 rings (SSSR count). The van der Waals surface area contributed by atoms with Crippen molar-refractivity contribution in [2.24, 2.45) is 0 Å². The van der Waals surface area contributed by atoms with E-state index in [0.29, 0.717) is 26.2 Å². The van der Waals surface area contributed by atoms with Gasteiger partial charge in [0, 0.05) is 26.2 Å². The number of morpholine rings is 1. The molecule has 1 amide bonds. The van der Waals surface area contributed by atoms with E-state index in [2.05, 4.69) is 0 Å². The molecule has 2 aliphatic rings. The molecule has 0 bridgehead atoms. The summed E-state index contributed by atoms with van der Waals surface area (Å²) in [7, 11) is -3.55. The second-order valence-electron chi connectivity index (χ2n) is 7.62. The van der Waals surface area contributed by atoms with Gasteiger partial charge >= 0.3 is 5.97 Å². The van der Waals surface area contributed by atoms with Gasteiger partial charge in [-0.05, 0) is 51.0 Å². The fraction of sp³-hybridized carbons (Fsp3) is 0.600. The fourth-order valence-electron chi connectivity index (χ4n) is 3.70. The predicted octanol–water partition coefficient (Wildman–Crippen LogP) is 1.65. The third kappa shape index (κ3) is 5.34. The molecule has 0 unspecified atom stereocenters. The van der Waals surface area contributed by atoms with Gasteiger partial charge < -0.3 is 14.4 Å². The van der Waals surface area contributed by atoms with E-state index >= 15 is 0 Å². The quantitative estimate of drug-likeness (QED) is 0.668. The third-order valence-electron chi connectivity index (χ3n) is 5.14. The molecule has 0 spiro atoms. The SMILES string of the molecule is C[C@@H]1CN(C(=O)COC(=O)c2ccc(S(=O)(=O)N3CCCCC3)cc2)C[C@H](C)O1. The zero-order valence-electron chi connectivity index (χ0n) is 16.9. The fourth-order valence-corrected chi connectivity index (χ4v) is 5.22. The number of hydrogen-bond acceptors (Lipinski definition) is 6. The Bertz CT molecular complexity index is 823. The number of carbonyl (C=O) groups excluding carboxylic acids is 2. The van der Waals surface area contributed by atoms with Crippen LogP contribution < -0.4 is 0 Å². The van der Waals surface area contributed by atoms with Crippen LogP contribution in [0, 0.1) is 0 Å². The first-order valence-electron chi connectivity index (χ1n) is 9.98. The van der Waals surface area contributed by atoms with E-state index in [1.165, 1.54) is 28.6 Å². The molecule has 2 atom stereocenters. The van der Waals surface area contributed by atoms with Gasteiger partial charge in [0.2, 0.25) is 10.0 Å².